The van der Waals surface area contributed by atoms with Crippen LogP contribution >= 0.6 is 0 Å². The van der Waals surface area contributed by atoms with Crippen molar-refractivity contribution in [1.82, 2.24) is 0 Å². The molecule has 0 fully saturated rings. The van der Waals surface area contributed by atoms with Crippen molar-refractivity contribution in [1.29, 1.82) is 0 Å². The minimum atomic E-state index is -0.288. The lowest BCUT2D eigenvalue weighted by molar-refractivity contribution is 0.0867. The van der Waals surface area contributed by atoms with E-state index in [4.69, 9.17) is 4.74 Å². The molecule has 0 saturated carbocycles. The molecule has 0 radical (unpaired) electrons. The lowest BCUT2D eigenvalue weighted by atomic mass is 9.89. The van der Waals surface area contributed by atoms with Crippen molar-refractivity contribution in [2.24, 2.45) is 0 Å². The Morgan fingerprint density at radius 2 is 2.25 bits per heavy atom. The number of benzene rings is 1. The van der Waals surface area contributed by atoms with E-state index < -0.39 is 0 Å². The first-order valence-electron chi connectivity index (χ1n) is 6.01. The molecule has 1 aromatic rings. The molecule has 0 aliphatic carbocycles. The topological polar surface area (TPSA) is 29.5 Å². The highest BCUT2D eigenvalue weighted by Crippen LogP contribution is 2.37. The van der Waals surface area contributed by atoms with E-state index in [2.05, 4.69) is 32.0 Å². The van der Waals surface area contributed by atoms with Gasteiger partial charge < -0.3 is 9.84 Å². The summed E-state index contributed by atoms with van der Waals surface area (Å²) in [6.45, 7) is 6.12. The average Bonchev–Trinajstić information content (AvgIpc) is 2.15. The fourth-order valence-corrected chi connectivity index (χ4v) is 2.42. The zero-order valence-corrected chi connectivity index (χ0v) is 10.2. The zero-order valence-electron chi connectivity index (χ0n) is 10.2. The highest BCUT2D eigenvalue weighted by atomic mass is 16.5. The molecule has 3 unspecified atom stereocenters. The molecule has 3 atom stereocenters. The maximum Gasteiger partial charge on any atom is 0.123 e. The van der Waals surface area contributed by atoms with E-state index in [1.54, 1.807) is 0 Å². The van der Waals surface area contributed by atoms with Crippen LogP contribution in [-0.4, -0.2) is 17.3 Å². The maximum atomic E-state index is 9.41. The summed E-state index contributed by atoms with van der Waals surface area (Å²) in [5.41, 5.74) is 2.52. The van der Waals surface area contributed by atoms with Crippen LogP contribution in [0.4, 0.5) is 0 Å². The normalized spacial score (nSPS) is 25.8. The minimum Gasteiger partial charge on any atom is -0.490 e. The Balaban J connectivity index is 2.20. The van der Waals surface area contributed by atoms with Crippen LogP contribution in [0.5, 0.6) is 5.75 Å². The third kappa shape index (κ3) is 2.38. The Morgan fingerprint density at radius 3 is 2.94 bits per heavy atom. The predicted molar refractivity (Wildman–Crippen MR) is 64.9 cm³/mol. The summed E-state index contributed by atoms with van der Waals surface area (Å²) >= 11 is 0. The number of ether oxygens (including phenoxy) is 1. The van der Waals surface area contributed by atoms with Crippen LogP contribution in [0.25, 0.3) is 0 Å². The van der Waals surface area contributed by atoms with E-state index in [1.807, 2.05) is 6.92 Å². The molecular formula is C14H20O2. The molecule has 88 valence electrons. The van der Waals surface area contributed by atoms with Gasteiger partial charge in [0, 0.05) is 6.42 Å². The summed E-state index contributed by atoms with van der Waals surface area (Å²) in [6.07, 6.45) is 1.59. The highest BCUT2D eigenvalue weighted by molar-refractivity contribution is 5.40. The first-order valence-corrected chi connectivity index (χ1v) is 6.01. The van der Waals surface area contributed by atoms with Gasteiger partial charge in [-0.15, -0.1) is 0 Å². The van der Waals surface area contributed by atoms with E-state index in [9.17, 15) is 5.11 Å². The Bertz CT molecular complexity index is 371. The Morgan fingerprint density at radius 1 is 1.50 bits per heavy atom. The van der Waals surface area contributed by atoms with Crippen LogP contribution in [0.2, 0.25) is 0 Å². The molecule has 2 rings (SSSR count). The number of rotatable bonds is 2. The second-order valence-corrected chi connectivity index (χ2v) is 5.00. The van der Waals surface area contributed by atoms with Gasteiger partial charge in [0.05, 0.1) is 6.10 Å². The molecule has 1 aromatic carbocycles. The molecule has 0 bridgehead atoms. The second kappa shape index (κ2) is 4.46. The smallest absolute Gasteiger partial charge is 0.123 e. The molecule has 2 heteroatoms. The molecule has 1 N–H and O–H groups in total. The summed E-state index contributed by atoms with van der Waals surface area (Å²) in [5, 5.41) is 9.41. The zero-order chi connectivity index (χ0) is 11.7. The van der Waals surface area contributed by atoms with Gasteiger partial charge in [-0.05, 0) is 43.4 Å². The van der Waals surface area contributed by atoms with Crippen molar-refractivity contribution in [3.05, 3.63) is 29.3 Å². The van der Waals surface area contributed by atoms with E-state index in [0.717, 1.165) is 18.6 Å². The predicted octanol–water partition coefficient (Wildman–Crippen LogP) is 3.02. The number of hydrogen-bond donors (Lipinski definition) is 1. The minimum absolute atomic E-state index is 0.157. The summed E-state index contributed by atoms with van der Waals surface area (Å²) in [4.78, 5) is 0. The number of aliphatic hydroxyl groups excluding tert-OH is 1. The monoisotopic (exact) mass is 220 g/mol. The molecular weight excluding hydrogens is 200 g/mol. The highest BCUT2D eigenvalue weighted by Gasteiger charge is 2.26. The summed E-state index contributed by atoms with van der Waals surface area (Å²) < 4.78 is 5.93. The van der Waals surface area contributed by atoms with Gasteiger partial charge >= 0.3 is 0 Å². The third-order valence-corrected chi connectivity index (χ3v) is 3.21. The molecule has 2 nitrogen and oxygen atoms in total. The van der Waals surface area contributed by atoms with Crippen molar-refractivity contribution < 1.29 is 9.84 Å². The van der Waals surface area contributed by atoms with Crippen LogP contribution < -0.4 is 4.74 Å². The van der Waals surface area contributed by atoms with E-state index >= 15 is 0 Å². The van der Waals surface area contributed by atoms with Crippen molar-refractivity contribution in [3.8, 4) is 5.75 Å². The molecule has 0 amide bonds. The molecule has 1 heterocycles. The molecule has 1 aliphatic rings. The number of aliphatic hydroxyl groups is 1. The van der Waals surface area contributed by atoms with Crippen molar-refractivity contribution in [2.75, 3.05) is 0 Å². The maximum absolute atomic E-state index is 9.41. The summed E-state index contributed by atoms with van der Waals surface area (Å²) in [6, 6.07) is 6.39. The molecule has 16 heavy (non-hydrogen) atoms. The van der Waals surface area contributed by atoms with Gasteiger partial charge in [-0.3, -0.25) is 0 Å². The van der Waals surface area contributed by atoms with Gasteiger partial charge in [-0.25, -0.2) is 0 Å². The fourth-order valence-electron chi connectivity index (χ4n) is 2.42. The lowest BCUT2D eigenvalue weighted by Crippen LogP contribution is -2.28. The van der Waals surface area contributed by atoms with Gasteiger partial charge in [-0.2, -0.15) is 0 Å². The van der Waals surface area contributed by atoms with Crippen LogP contribution in [-0.2, 0) is 0 Å². The Labute approximate surface area is 97.3 Å². The number of fused-ring (bicyclic) bond motifs is 1. The molecule has 0 saturated heterocycles. The van der Waals surface area contributed by atoms with Crippen molar-refractivity contribution in [2.45, 2.75) is 51.7 Å². The fraction of sp³-hybridized carbons (Fsp3) is 0.571. The molecule has 0 aromatic heterocycles. The standard InChI is InChI=1S/C14H20O2/c1-9-4-5-13-10(2)7-12(8-11(3)15)16-14(13)6-9/h4-6,10-12,15H,7-8H2,1-3H3. The quantitative estimate of drug-likeness (QED) is 0.830. The van der Waals surface area contributed by atoms with E-state index in [-0.39, 0.29) is 12.2 Å². The Hall–Kier alpha value is -1.02. The van der Waals surface area contributed by atoms with Gasteiger partial charge in [0.25, 0.3) is 0 Å². The van der Waals surface area contributed by atoms with Crippen LogP contribution in [0.1, 0.15) is 43.7 Å². The SMILES string of the molecule is Cc1ccc2c(c1)OC(CC(C)O)CC2C. The van der Waals surface area contributed by atoms with Crippen molar-refractivity contribution in [3.63, 3.8) is 0 Å². The lowest BCUT2D eigenvalue weighted by Gasteiger charge is -2.31. The van der Waals surface area contributed by atoms with E-state index in [1.165, 1.54) is 11.1 Å². The number of aryl methyl sites for hydroxylation is 1. The van der Waals surface area contributed by atoms with Crippen molar-refractivity contribution >= 4 is 0 Å². The number of hydrogen-bond acceptors (Lipinski definition) is 2. The van der Waals surface area contributed by atoms with Gasteiger partial charge in [0.15, 0.2) is 0 Å². The first-order chi connectivity index (χ1) is 7.56. The largest absolute Gasteiger partial charge is 0.490 e. The first kappa shape index (κ1) is 11.5. The van der Waals surface area contributed by atoms with Gasteiger partial charge in [0.1, 0.15) is 11.9 Å². The average molecular weight is 220 g/mol. The van der Waals surface area contributed by atoms with Crippen LogP contribution in [0, 0.1) is 6.92 Å². The van der Waals surface area contributed by atoms with E-state index in [0.29, 0.717) is 5.92 Å². The Kier molecular flexibility index (Phi) is 3.20. The van der Waals surface area contributed by atoms with Gasteiger partial charge in [-0.1, -0.05) is 19.1 Å². The second-order valence-electron chi connectivity index (χ2n) is 5.00. The molecule has 1 aliphatic heterocycles. The van der Waals surface area contributed by atoms with Crippen LogP contribution in [0.3, 0.4) is 0 Å². The molecule has 0 spiro atoms. The summed E-state index contributed by atoms with van der Waals surface area (Å²) in [5.74, 6) is 1.53. The third-order valence-electron chi connectivity index (χ3n) is 3.21. The van der Waals surface area contributed by atoms with Gasteiger partial charge in [0.2, 0.25) is 0 Å². The summed E-state index contributed by atoms with van der Waals surface area (Å²) in [7, 11) is 0. The van der Waals surface area contributed by atoms with Crippen LogP contribution in [0.15, 0.2) is 18.2 Å².